The van der Waals surface area contributed by atoms with Gasteiger partial charge in [-0.3, -0.25) is 0 Å². The molecule has 3 N–H and O–H groups in total. The fourth-order valence-corrected chi connectivity index (χ4v) is 1.14. The molecule has 0 bridgehead atoms. The first-order valence-electron chi connectivity index (χ1n) is 4.76. The maximum atomic E-state index is 9.47. The molecule has 82 valence electrons. The van der Waals surface area contributed by atoms with Gasteiger partial charge in [0.1, 0.15) is 0 Å². The number of nitrogens with zero attached hydrogens (tertiary/aromatic N) is 2. The average molecular weight is 217 g/mol. The van der Waals surface area contributed by atoms with Crippen LogP contribution >= 0.6 is 0 Å². The smallest absolute Gasteiger partial charge is 0.322 e. The first-order valence-corrected chi connectivity index (χ1v) is 4.76. The highest BCUT2D eigenvalue weighted by molar-refractivity contribution is 5.39. The second kappa shape index (κ2) is 4.59. The second-order valence-corrected chi connectivity index (χ2v) is 3.15. The summed E-state index contributed by atoms with van der Waals surface area (Å²) >= 11 is 0. The molecule has 0 unspecified atom stereocenters. The Morgan fingerprint density at radius 3 is 2.50 bits per heavy atom. The van der Waals surface area contributed by atoms with Crippen molar-refractivity contribution < 1.29 is 9.84 Å². The lowest BCUT2D eigenvalue weighted by molar-refractivity contribution is 0.392. The standard InChI is InChI=1S/C11H11N3O2/c12-5-8-6-13-11(14-7-8)16-10-4-2-1-3-9(10)15/h1-4,6-7,15H,5,12H2. The predicted octanol–water partition coefficient (Wildman–Crippen LogP) is 1.43. The van der Waals surface area contributed by atoms with E-state index in [0.29, 0.717) is 12.3 Å². The average Bonchev–Trinajstić information content (AvgIpc) is 2.33. The molecule has 1 aromatic carbocycles. The van der Waals surface area contributed by atoms with E-state index in [1.54, 1.807) is 30.6 Å². The molecule has 0 saturated carbocycles. The van der Waals surface area contributed by atoms with Gasteiger partial charge in [0.25, 0.3) is 0 Å². The summed E-state index contributed by atoms with van der Waals surface area (Å²) in [6.45, 7) is 0.386. The Bertz CT molecular complexity index is 471. The largest absolute Gasteiger partial charge is 0.504 e. The normalized spacial score (nSPS) is 10.1. The van der Waals surface area contributed by atoms with Gasteiger partial charge in [0.2, 0.25) is 0 Å². The first-order chi connectivity index (χ1) is 7.79. The van der Waals surface area contributed by atoms with Crippen LogP contribution in [0, 0.1) is 0 Å². The maximum Gasteiger partial charge on any atom is 0.322 e. The molecule has 1 aromatic heterocycles. The fraction of sp³-hybridized carbons (Fsp3) is 0.0909. The molecule has 0 saturated heterocycles. The fourth-order valence-electron chi connectivity index (χ4n) is 1.14. The van der Waals surface area contributed by atoms with Crippen LogP contribution in [-0.4, -0.2) is 15.1 Å². The molecule has 2 rings (SSSR count). The van der Waals surface area contributed by atoms with E-state index in [4.69, 9.17) is 10.5 Å². The van der Waals surface area contributed by atoms with E-state index in [1.807, 2.05) is 0 Å². The zero-order valence-electron chi connectivity index (χ0n) is 8.50. The molecule has 2 aromatic rings. The number of aromatic hydroxyl groups is 1. The first kappa shape index (κ1) is 10.4. The summed E-state index contributed by atoms with van der Waals surface area (Å²) in [6.07, 6.45) is 3.17. The summed E-state index contributed by atoms with van der Waals surface area (Å²) in [6, 6.07) is 6.81. The number of ether oxygens (including phenoxy) is 1. The summed E-state index contributed by atoms with van der Waals surface area (Å²) < 4.78 is 5.30. The van der Waals surface area contributed by atoms with Crippen molar-refractivity contribution in [3.05, 3.63) is 42.2 Å². The lowest BCUT2D eigenvalue weighted by Crippen LogP contribution is -1.99. The topological polar surface area (TPSA) is 81.3 Å². The molecule has 0 radical (unpaired) electrons. The van der Waals surface area contributed by atoms with Crippen molar-refractivity contribution in [2.45, 2.75) is 6.54 Å². The van der Waals surface area contributed by atoms with Crippen molar-refractivity contribution in [2.24, 2.45) is 5.73 Å². The van der Waals surface area contributed by atoms with Crippen LogP contribution in [0.15, 0.2) is 36.7 Å². The van der Waals surface area contributed by atoms with Crippen molar-refractivity contribution in [1.82, 2.24) is 9.97 Å². The second-order valence-electron chi connectivity index (χ2n) is 3.15. The maximum absolute atomic E-state index is 9.47. The monoisotopic (exact) mass is 217 g/mol. The predicted molar refractivity (Wildman–Crippen MR) is 58.1 cm³/mol. The molecule has 0 atom stereocenters. The number of benzene rings is 1. The minimum Gasteiger partial charge on any atom is -0.504 e. The number of aromatic nitrogens is 2. The zero-order valence-corrected chi connectivity index (χ0v) is 8.50. The van der Waals surface area contributed by atoms with E-state index in [1.165, 1.54) is 6.07 Å². The van der Waals surface area contributed by atoms with E-state index >= 15 is 0 Å². The van der Waals surface area contributed by atoms with Crippen LogP contribution in [0.2, 0.25) is 0 Å². The van der Waals surface area contributed by atoms with Gasteiger partial charge in [-0.2, -0.15) is 0 Å². The third-order valence-electron chi connectivity index (χ3n) is 1.98. The van der Waals surface area contributed by atoms with E-state index in [0.717, 1.165) is 5.56 Å². The summed E-state index contributed by atoms with van der Waals surface area (Å²) in [4.78, 5) is 7.92. The number of nitrogens with two attached hydrogens (primary N) is 1. The van der Waals surface area contributed by atoms with Gasteiger partial charge >= 0.3 is 6.01 Å². The molecule has 5 nitrogen and oxygen atoms in total. The lowest BCUT2D eigenvalue weighted by Gasteiger charge is -2.05. The molecular formula is C11H11N3O2. The van der Waals surface area contributed by atoms with Crippen molar-refractivity contribution in [2.75, 3.05) is 0 Å². The van der Waals surface area contributed by atoms with Gasteiger partial charge in [0.05, 0.1) is 0 Å². The van der Waals surface area contributed by atoms with Crippen LogP contribution in [0.3, 0.4) is 0 Å². The van der Waals surface area contributed by atoms with Crippen LogP contribution in [0.4, 0.5) is 0 Å². The Morgan fingerprint density at radius 1 is 1.19 bits per heavy atom. The molecule has 5 heteroatoms. The third-order valence-corrected chi connectivity index (χ3v) is 1.98. The highest BCUT2D eigenvalue weighted by atomic mass is 16.5. The van der Waals surface area contributed by atoms with Crippen molar-refractivity contribution in [3.63, 3.8) is 0 Å². The van der Waals surface area contributed by atoms with Crippen LogP contribution < -0.4 is 10.5 Å². The summed E-state index contributed by atoms with van der Waals surface area (Å²) in [5.41, 5.74) is 6.24. The summed E-state index contributed by atoms with van der Waals surface area (Å²) in [5, 5.41) is 9.47. The summed E-state index contributed by atoms with van der Waals surface area (Å²) in [7, 11) is 0. The van der Waals surface area contributed by atoms with Gasteiger partial charge in [-0.05, 0) is 12.1 Å². The molecule has 0 amide bonds. The van der Waals surface area contributed by atoms with Crippen LogP contribution in [0.5, 0.6) is 17.5 Å². The van der Waals surface area contributed by atoms with Gasteiger partial charge in [-0.1, -0.05) is 12.1 Å². The minimum atomic E-state index is 0.0500. The van der Waals surface area contributed by atoms with Crippen molar-refractivity contribution >= 4 is 0 Å². The Morgan fingerprint density at radius 2 is 1.88 bits per heavy atom. The number of hydrogen-bond donors (Lipinski definition) is 2. The zero-order chi connectivity index (χ0) is 11.4. The molecular weight excluding hydrogens is 206 g/mol. The molecule has 16 heavy (non-hydrogen) atoms. The lowest BCUT2D eigenvalue weighted by atomic mass is 10.3. The van der Waals surface area contributed by atoms with Gasteiger partial charge in [-0.25, -0.2) is 9.97 Å². The molecule has 0 spiro atoms. The number of hydrogen-bond acceptors (Lipinski definition) is 5. The van der Waals surface area contributed by atoms with Gasteiger partial charge in [0, 0.05) is 24.5 Å². The van der Waals surface area contributed by atoms with E-state index in [2.05, 4.69) is 9.97 Å². The molecule has 0 fully saturated rings. The van der Waals surface area contributed by atoms with Gasteiger partial charge in [-0.15, -0.1) is 0 Å². The van der Waals surface area contributed by atoms with E-state index < -0.39 is 0 Å². The highest BCUT2D eigenvalue weighted by Crippen LogP contribution is 2.27. The molecule has 1 heterocycles. The number of phenols is 1. The quantitative estimate of drug-likeness (QED) is 0.812. The Kier molecular flexibility index (Phi) is 2.98. The number of phenolic OH excluding ortho intramolecular Hbond substituents is 1. The van der Waals surface area contributed by atoms with Gasteiger partial charge in [0.15, 0.2) is 11.5 Å². The van der Waals surface area contributed by atoms with Crippen LogP contribution in [0.25, 0.3) is 0 Å². The highest BCUT2D eigenvalue weighted by Gasteiger charge is 2.04. The Hall–Kier alpha value is -2.14. The van der Waals surface area contributed by atoms with Gasteiger partial charge < -0.3 is 15.6 Å². The van der Waals surface area contributed by atoms with Crippen molar-refractivity contribution in [3.8, 4) is 17.5 Å². The van der Waals surface area contributed by atoms with Crippen LogP contribution in [0.1, 0.15) is 5.56 Å². The third kappa shape index (κ3) is 2.26. The molecule has 0 aliphatic heterocycles. The Balaban J connectivity index is 2.18. The summed E-state index contributed by atoms with van der Waals surface area (Å²) in [5.74, 6) is 0.372. The molecule has 0 aliphatic rings. The number of rotatable bonds is 3. The molecule has 0 aliphatic carbocycles. The van der Waals surface area contributed by atoms with Crippen molar-refractivity contribution in [1.29, 1.82) is 0 Å². The van der Waals surface area contributed by atoms with Crippen LogP contribution in [-0.2, 0) is 6.54 Å². The van der Waals surface area contributed by atoms with E-state index in [9.17, 15) is 5.11 Å². The SMILES string of the molecule is NCc1cnc(Oc2ccccc2O)nc1. The van der Waals surface area contributed by atoms with E-state index in [-0.39, 0.29) is 11.8 Å². The minimum absolute atomic E-state index is 0.0500. The Labute approximate surface area is 92.5 Å². The number of para-hydroxylation sites is 2.